The molecule has 0 radical (unpaired) electrons. The standard InChI is InChI=1S/C19H23NO4/c1-3-11-23-17-10-9-15(12-18(17)22-2)13-20-19(21)14-24-16-7-5-4-6-8-16/h4-10,12H,3,11,13-14H2,1-2H3,(H,20,21). The van der Waals surface area contributed by atoms with Crippen molar-refractivity contribution in [2.75, 3.05) is 20.3 Å². The van der Waals surface area contributed by atoms with E-state index in [9.17, 15) is 4.79 Å². The lowest BCUT2D eigenvalue weighted by atomic mass is 10.2. The van der Waals surface area contributed by atoms with E-state index in [1.165, 1.54) is 0 Å². The monoisotopic (exact) mass is 329 g/mol. The van der Waals surface area contributed by atoms with E-state index < -0.39 is 0 Å². The van der Waals surface area contributed by atoms with Crippen molar-refractivity contribution in [3.8, 4) is 17.2 Å². The summed E-state index contributed by atoms with van der Waals surface area (Å²) in [6.45, 7) is 3.08. The van der Waals surface area contributed by atoms with Crippen LogP contribution in [0.2, 0.25) is 0 Å². The summed E-state index contributed by atoms with van der Waals surface area (Å²) in [7, 11) is 1.60. The maximum absolute atomic E-state index is 11.9. The van der Waals surface area contributed by atoms with Crippen LogP contribution in [0.15, 0.2) is 48.5 Å². The average molecular weight is 329 g/mol. The molecule has 1 N–H and O–H groups in total. The fraction of sp³-hybridized carbons (Fsp3) is 0.316. The first-order valence-electron chi connectivity index (χ1n) is 7.97. The van der Waals surface area contributed by atoms with Crippen LogP contribution in [0.25, 0.3) is 0 Å². The van der Waals surface area contributed by atoms with E-state index in [2.05, 4.69) is 5.32 Å². The zero-order valence-electron chi connectivity index (χ0n) is 14.1. The number of carbonyl (C=O) groups excluding carboxylic acids is 1. The molecule has 0 atom stereocenters. The molecule has 128 valence electrons. The molecule has 1 amide bonds. The second kappa shape index (κ2) is 9.45. The van der Waals surface area contributed by atoms with Gasteiger partial charge in [-0.05, 0) is 36.2 Å². The number of methoxy groups -OCH3 is 1. The molecule has 0 aliphatic carbocycles. The molecule has 0 fully saturated rings. The molecule has 0 heterocycles. The van der Waals surface area contributed by atoms with Crippen molar-refractivity contribution in [1.82, 2.24) is 5.32 Å². The minimum atomic E-state index is -0.177. The topological polar surface area (TPSA) is 56.8 Å². The van der Waals surface area contributed by atoms with Crippen molar-refractivity contribution in [1.29, 1.82) is 0 Å². The molecule has 2 aromatic carbocycles. The second-order valence-corrected chi connectivity index (χ2v) is 5.21. The molecule has 2 aromatic rings. The summed E-state index contributed by atoms with van der Waals surface area (Å²) >= 11 is 0. The number of ether oxygens (including phenoxy) is 3. The predicted octanol–water partition coefficient (Wildman–Crippen LogP) is 3.18. The molecule has 0 saturated carbocycles. The van der Waals surface area contributed by atoms with Crippen molar-refractivity contribution in [2.45, 2.75) is 19.9 Å². The minimum Gasteiger partial charge on any atom is -0.493 e. The van der Waals surface area contributed by atoms with E-state index in [0.29, 0.717) is 30.4 Å². The number of carbonyl (C=O) groups is 1. The van der Waals surface area contributed by atoms with Gasteiger partial charge in [-0.1, -0.05) is 31.2 Å². The van der Waals surface area contributed by atoms with Crippen LogP contribution < -0.4 is 19.5 Å². The van der Waals surface area contributed by atoms with E-state index >= 15 is 0 Å². The summed E-state index contributed by atoms with van der Waals surface area (Å²) in [6, 6.07) is 14.9. The highest BCUT2D eigenvalue weighted by Gasteiger charge is 2.07. The molecule has 0 unspecified atom stereocenters. The maximum Gasteiger partial charge on any atom is 0.258 e. The molecule has 24 heavy (non-hydrogen) atoms. The molecule has 0 aliphatic rings. The highest BCUT2D eigenvalue weighted by molar-refractivity contribution is 5.77. The molecule has 5 heteroatoms. The third-order valence-corrected chi connectivity index (χ3v) is 3.29. The summed E-state index contributed by atoms with van der Waals surface area (Å²) in [5, 5.41) is 2.82. The fourth-order valence-electron chi connectivity index (χ4n) is 2.07. The van der Waals surface area contributed by atoms with E-state index in [1.54, 1.807) is 7.11 Å². The smallest absolute Gasteiger partial charge is 0.258 e. The first-order valence-corrected chi connectivity index (χ1v) is 7.97. The fourth-order valence-corrected chi connectivity index (χ4v) is 2.07. The number of hydrogen-bond donors (Lipinski definition) is 1. The Balaban J connectivity index is 1.83. The van der Waals surface area contributed by atoms with Crippen LogP contribution in [0.4, 0.5) is 0 Å². The lowest BCUT2D eigenvalue weighted by Gasteiger charge is -2.12. The van der Waals surface area contributed by atoms with Crippen LogP contribution in [0.5, 0.6) is 17.2 Å². The zero-order valence-corrected chi connectivity index (χ0v) is 14.1. The number of rotatable bonds is 9. The largest absolute Gasteiger partial charge is 0.493 e. The number of benzene rings is 2. The molecule has 0 spiro atoms. The van der Waals surface area contributed by atoms with Gasteiger partial charge in [0.1, 0.15) is 5.75 Å². The highest BCUT2D eigenvalue weighted by atomic mass is 16.5. The number of amides is 1. The molecular weight excluding hydrogens is 306 g/mol. The van der Waals surface area contributed by atoms with Crippen LogP contribution in [0, 0.1) is 0 Å². The van der Waals surface area contributed by atoms with Crippen molar-refractivity contribution in [3.63, 3.8) is 0 Å². The van der Waals surface area contributed by atoms with Gasteiger partial charge < -0.3 is 19.5 Å². The minimum absolute atomic E-state index is 0.0150. The Labute approximate surface area is 142 Å². The molecule has 0 bridgehead atoms. The third kappa shape index (κ3) is 5.50. The summed E-state index contributed by atoms with van der Waals surface area (Å²) in [5.41, 5.74) is 0.934. The maximum atomic E-state index is 11.9. The number of hydrogen-bond acceptors (Lipinski definition) is 4. The first-order chi connectivity index (χ1) is 11.7. The third-order valence-electron chi connectivity index (χ3n) is 3.29. The van der Waals surface area contributed by atoms with Gasteiger partial charge in [-0.15, -0.1) is 0 Å². The Morgan fingerprint density at radius 1 is 1.04 bits per heavy atom. The Kier molecular flexibility index (Phi) is 6.95. The van der Waals surface area contributed by atoms with Crippen LogP contribution in [-0.4, -0.2) is 26.2 Å². The van der Waals surface area contributed by atoms with Gasteiger partial charge in [-0.25, -0.2) is 0 Å². The van der Waals surface area contributed by atoms with E-state index in [4.69, 9.17) is 14.2 Å². The molecule has 5 nitrogen and oxygen atoms in total. The Bertz CT molecular complexity index is 643. The van der Waals surface area contributed by atoms with Crippen LogP contribution in [-0.2, 0) is 11.3 Å². The van der Waals surface area contributed by atoms with Gasteiger partial charge >= 0.3 is 0 Å². The molecule has 0 aromatic heterocycles. The van der Waals surface area contributed by atoms with Gasteiger partial charge in [-0.3, -0.25) is 4.79 Å². The summed E-state index contributed by atoms with van der Waals surface area (Å²) in [5.74, 6) is 1.87. The summed E-state index contributed by atoms with van der Waals surface area (Å²) < 4.78 is 16.4. The lowest BCUT2D eigenvalue weighted by molar-refractivity contribution is -0.123. The molecule has 0 aliphatic heterocycles. The summed E-state index contributed by atoms with van der Waals surface area (Å²) in [4.78, 5) is 11.9. The van der Waals surface area contributed by atoms with Gasteiger partial charge in [0.15, 0.2) is 18.1 Å². The average Bonchev–Trinajstić information content (AvgIpc) is 2.64. The van der Waals surface area contributed by atoms with Gasteiger partial charge in [0.25, 0.3) is 5.91 Å². The van der Waals surface area contributed by atoms with Gasteiger partial charge in [-0.2, -0.15) is 0 Å². The van der Waals surface area contributed by atoms with Crippen LogP contribution in [0.1, 0.15) is 18.9 Å². The Hall–Kier alpha value is -2.69. The number of nitrogens with one attached hydrogen (secondary N) is 1. The molecule has 0 saturated heterocycles. The van der Waals surface area contributed by atoms with Gasteiger partial charge in [0.2, 0.25) is 0 Å². The lowest BCUT2D eigenvalue weighted by Crippen LogP contribution is -2.28. The van der Waals surface area contributed by atoms with Crippen molar-refractivity contribution in [2.24, 2.45) is 0 Å². The Morgan fingerprint density at radius 2 is 1.83 bits per heavy atom. The number of para-hydroxylation sites is 1. The highest BCUT2D eigenvalue weighted by Crippen LogP contribution is 2.28. The normalized spacial score (nSPS) is 10.1. The van der Waals surface area contributed by atoms with Gasteiger partial charge in [0, 0.05) is 6.54 Å². The van der Waals surface area contributed by atoms with E-state index in [1.807, 2.05) is 55.5 Å². The molecular formula is C19H23NO4. The SMILES string of the molecule is CCCOc1ccc(CNC(=O)COc2ccccc2)cc1OC. The quantitative estimate of drug-likeness (QED) is 0.768. The predicted molar refractivity (Wildman–Crippen MR) is 92.6 cm³/mol. The Morgan fingerprint density at radius 3 is 2.54 bits per heavy atom. The second-order valence-electron chi connectivity index (χ2n) is 5.21. The van der Waals surface area contributed by atoms with E-state index in [-0.39, 0.29) is 12.5 Å². The van der Waals surface area contributed by atoms with Crippen LogP contribution in [0.3, 0.4) is 0 Å². The van der Waals surface area contributed by atoms with Crippen molar-refractivity contribution in [3.05, 3.63) is 54.1 Å². The van der Waals surface area contributed by atoms with E-state index in [0.717, 1.165) is 12.0 Å². The summed E-state index contributed by atoms with van der Waals surface area (Å²) in [6.07, 6.45) is 0.933. The van der Waals surface area contributed by atoms with Crippen molar-refractivity contribution < 1.29 is 19.0 Å². The van der Waals surface area contributed by atoms with Crippen molar-refractivity contribution >= 4 is 5.91 Å². The first kappa shape index (κ1) is 17.7. The van der Waals surface area contributed by atoms with Gasteiger partial charge in [0.05, 0.1) is 13.7 Å². The zero-order chi connectivity index (χ0) is 17.2. The van der Waals surface area contributed by atoms with Crippen LogP contribution >= 0.6 is 0 Å². The molecule has 2 rings (SSSR count).